The summed E-state index contributed by atoms with van der Waals surface area (Å²) in [5.74, 6) is -1.81. The van der Waals surface area contributed by atoms with E-state index in [1.54, 1.807) is 12.1 Å². The maximum atomic E-state index is 11.1. The van der Waals surface area contributed by atoms with E-state index in [4.69, 9.17) is 10.2 Å². The van der Waals surface area contributed by atoms with Gasteiger partial charge >= 0.3 is 11.9 Å². The number of hydrogen-bond donors (Lipinski definition) is 4. The number of anilines is 3. The van der Waals surface area contributed by atoms with Gasteiger partial charge in [0.2, 0.25) is 0 Å². The van der Waals surface area contributed by atoms with E-state index in [1.165, 1.54) is 0 Å². The van der Waals surface area contributed by atoms with Crippen LogP contribution in [0.4, 0.5) is 17.1 Å². The fourth-order valence-electron chi connectivity index (χ4n) is 3.30. The second kappa shape index (κ2) is 11.6. The van der Waals surface area contributed by atoms with Crippen molar-refractivity contribution in [3.8, 4) is 0 Å². The standard InChI is InChI=1S/C25H25N3O5/c29-17-20-5-11-23(12-6-20)28(21-7-1-18(2-8-21)13-26-15-24(30)31)22-9-3-19(4-10-22)14-27-16-25(32)33/h1-12,17,26-27H,13-16H2,(H,30,31)(H,32,33). The zero-order valence-corrected chi connectivity index (χ0v) is 17.9. The van der Waals surface area contributed by atoms with E-state index in [0.717, 1.165) is 34.5 Å². The van der Waals surface area contributed by atoms with Crippen LogP contribution in [0.2, 0.25) is 0 Å². The number of hydrogen-bond acceptors (Lipinski definition) is 6. The number of nitrogens with zero attached hydrogens (tertiary/aromatic N) is 1. The zero-order chi connectivity index (χ0) is 23.6. The predicted octanol–water partition coefficient (Wildman–Crippen LogP) is 3.32. The average Bonchev–Trinajstić information content (AvgIpc) is 2.81. The summed E-state index contributed by atoms with van der Waals surface area (Å²) in [6.45, 7) is 0.673. The van der Waals surface area contributed by atoms with Crippen molar-refractivity contribution in [3.05, 3.63) is 89.5 Å². The van der Waals surface area contributed by atoms with E-state index in [0.29, 0.717) is 18.7 Å². The van der Waals surface area contributed by atoms with Crippen LogP contribution in [0.1, 0.15) is 21.5 Å². The van der Waals surface area contributed by atoms with Gasteiger partial charge in [-0.1, -0.05) is 24.3 Å². The number of carboxylic acids is 2. The largest absolute Gasteiger partial charge is 0.480 e. The van der Waals surface area contributed by atoms with Crippen molar-refractivity contribution in [2.75, 3.05) is 18.0 Å². The second-order valence-electron chi connectivity index (χ2n) is 7.37. The summed E-state index contributed by atoms with van der Waals surface area (Å²) >= 11 is 0. The molecule has 0 aliphatic heterocycles. The van der Waals surface area contributed by atoms with Crippen LogP contribution in [0.25, 0.3) is 0 Å². The first-order chi connectivity index (χ1) is 16.0. The van der Waals surface area contributed by atoms with Crippen LogP contribution in [0.15, 0.2) is 72.8 Å². The summed E-state index contributed by atoms with van der Waals surface area (Å²) in [6, 6.07) is 22.8. The van der Waals surface area contributed by atoms with Gasteiger partial charge in [0, 0.05) is 35.7 Å². The predicted molar refractivity (Wildman–Crippen MR) is 125 cm³/mol. The molecule has 0 unspecified atom stereocenters. The maximum absolute atomic E-state index is 11.1. The molecule has 3 aromatic rings. The van der Waals surface area contributed by atoms with Crippen LogP contribution in [-0.2, 0) is 22.7 Å². The van der Waals surface area contributed by atoms with Crippen LogP contribution < -0.4 is 15.5 Å². The fourth-order valence-corrected chi connectivity index (χ4v) is 3.30. The molecule has 0 saturated carbocycles. The van der Waals surface area contributed by atoms with E-state index in [1.807, 2.05) is 65.6 Å². The molecule has 0 fully saturated rings. The molecule has 0 aliphatic rings. The van der Waals surface area contributed by atoms with E-state index in [9.17, 15) is 14.4 Å². The number of carbonyl (C=O) groups is 3. The minimum absolute atomic E-state index is 0.107. The number of nitrogens with one attached hydrogen (secondary N) is 2. The molecular formula is C25H25N3O5. The molecule has 4 N–H and O–H groups in total. The van der Waals surface area contributed by atoms with Crippen molar-refractivity contribution in [1.29, 1.82) is 0 Å². The molecule has 0 amide bonds. The first kappa shape index (κ1) is 23.6. The third kappa shape index (κ3) is 6.99. The molecule has 0 spiro atoms. The van der Waals surface area contributed by atoms with Gasteiger partial charge in [-0.25, -0.2) is 0 Å². The topological polar surface area (TPSA) is 119 Å². The first-order valence-corrected chi connectivity index (χ1v) is 10.3. The molecule has 3 aromatic carbocycles. The Morgan fingerprint density at radius 1 is 0.667 bits per heavy atom. The van der Waals surface area contributed by atoms with Gasteiger partial charge in [-0.15, -0.1) is 0 Å². The minimum atomic E-state index is -0.904. The summed E-state index contributed by atoms with van der Waals surface area (Å²) in [7, 11) is 0. The quantitative estimate of drug-likeness (QED) is 0.312. The Labute approximate surface area is 191 Å². The zero-order valence-electron chi connectivity index (χ0n) is 17.9. The van der Waals surface area contributed by atoms with E-state index in [-0.39, 0.29) is 13.1 Å². The van der Waals surface area contributed by atoms with Gasteiger partial charge in [0.25, 0.3) is 0 Å². The van der Waals surface area contributed by atoms with Crippen LogP contribution in [0.3, 0.4) is 0 Å². The molecule has 0 saturated heterocycles. The normalized spacial score (nSPS) is 10.5. The van der Waals surface area contributed by atoms with Crippen LogP contribution in [0.5, 0.6) is 0 Å². The summed E-state index contributed by atoms with van der Waals surface area (Å²) in [4.78, 5) is 34.5. The SMILES string of the molecule is O=Cc1ccc(N(c2ccc(CNCC(=O)O)cc2)c2ccc(CNCC(=O)O)cc2)cc1. The smallest absolute Gasteiger partial charge is 0.317 e. The van der Waals surface area contributed by atoms with Crippen molar-refractivity contribution in [1.82, 2.24) is 10.6 Å². The lowest BCUT2D eigenvalue weighted by Gasteiger charge is -2.26. The Kier molecular flexibility index (Phi) is 8.29. The molecule has 8 nitrogen and oxygen atoms in total. The highest BCUT2D eigenvalue weighted by Crippen LogP contribution is 2.34. The van der Waals surface area contributed by atoms with E-state index >= 15 is 0 Å². The van der Waals surface area contributed by atoms with Crippen LogP contribution >= 0.6 is 0 Å². The number of carboxylic acid groups (broad SMARTS) is 2. The molecule has 8 heteroatoms. The Morgan fingerprint density at radius 3 is 1.36 bits per heavy atom. The third-order valence-corrected chi connectivity index (χ3v) is 4.89. The summed E-state index contributed by atoms with van der Waals surface area (Å²) in [5.41, 5.74) is 5.15. The molecule has 0 heterocycles. The van der Waals surface area contributed by atoms with Gasteiger partial charge in [0.15, 0.2) is 0 Å². The van der Waals surface area contributed by atoms with Crippen LogP contribution in [0, 0.1) is 0 Å². The lowest BCUT2D eigenvalue weighted by Crippen LogP contribution is -2.22. The van der Waals surface area contributed by atoms with Crippen LogP contribution in [-0.4, -0.2) is 41.5 Å². The second-order valence-corrected chi connectivity index (χ2v) is 7.37. The first-order valence-electron chi connectivity index (χ1n) is 10.3. The summed E-state index contributed by atoms with van der Waals surface area (Å²) < 4.78 is 0. The van der Waals surface area contributed by atoms with Gasteiger partial charge in [-0.05, 0) is 59.7 Å². The fraction of sp³-hybridized carbons (Fsp3) is 0.160. The Hall–Kier alpha value is -4.01. The van der Waals surface area contributed by atoms with Crippen molar-refractivity contribution in [3.63, 3.8) is 0 Å². The van der Waals surface area contributed by atoms with Gasteiger partial charge in [0.05, 0.1) is 13.1 Å². The summed E-state index contributed by atoms with van der Waals surface area (Å²) in [6.07, 6.45) is 0.798. The highest BCUT2D eigenvalue weighted by molar-refractivity contribution is 5.80. The van der Waals surface area contributed by atoms with E-state index < -0.39 is 11.9 Å². The molecule has 0 aromatic heterocycles. The Balaban J connectivity index is 1.84. The lowest BCUT2D eigenvalue weighted by atomic mass is 10.1. The van der Waals surface area contributed by atoms with Crippen molar-refractivity contribution in [2.24, 2.45) is 0 Å². The summed E-state index contributed by atoms with van der Waals surface area (Å²) in [5, 5.41) is 23.3. The van der Waals surface area contributed by atoms with Gasteiger partial charge in [-0.2, -0.15) is 0 Å². The van der Waals surface area contributed by atoms with Gasteiger partial charge in [-0.3, -0.25) is 14.4 Å². The van der Waals surface area contributed by atoms with E-state index in [2.05, 4.69) is 10.6 Å². The molecular weight excluding hydrogens is 422 g/mol. The highest BCUT2D eigenvalue weighted by Gasteiger charge is 2.13. The number of carbonyl (C=O) groups excluding carboxylic acids is 1. The highest BCUT2D eigenvalue weighted by atomic mass is 16.4. The minimum Gasteiger partial charge on any atom is -0.480 e. The Bertz CT molecular complexity index is 1020. The maximum Gasteiger partial charge on any atom is 0.317 e. The molecule has 0 atom stereocenters. The van der Waals surface area contributed by atoms with Crippen molar-refractivity contribution < 1.29 is 24.6 Å². The van der Waals surface area contributed by atoms with Gasteiger partial charge in [0.1, 0.15) is 6.29 Å². The number of rotatable bonds is 12. The number of benzene rings is 3. The number of aldehydes is 1. The molecule has 0 radical (unpaired) electrons. The Morgan fingerprint density at radius 2 is 1.03 bits per heavy atom. The molecule has 0 bridgehead atoms. The van der Waals surface area contributed by atoms with Gasteiger partial charge < -0.3 is 25.7 Å². The lowest BCUT2D eigenvalue weighted by molar-refractivity contribution is -0.137. The molecule has 0 aliphatic carbocycles. The molecule has 33 heavy (non-hydrogen) atoms. The van der Waals surface area contributed by atoms with Crippen molar-refractivity contribution in [2.45, 2.75) is 13.1 Å². The number of aliphatic carboxylic acids is 2. The third-order valence-electron chi connectivity index (χ3n) is 4.89. The van der Waals surface area contributed by atoms with Crippen molar-refractivity contribution >= 4 is 35.3 Å². The average molecular weight is 447 g/mol. The molecule has 170 valence electrons. The monoisotopic (exact) mass is 447 g/mol. The molecule has 3 rings (SSSR count).